The number of imidazole rings is 1. The van der Waals surface area contributed by atoms with E-state index in [0.717, 1.165) is 13.0 Å². The molecule has 0 fully saturated rings. The lowest BCUT2D eigenvalue weighted by molar-refractivity contribution is 0.696. The Hall–Kier alpha value is -1.58. The maximum Gasteiger partial charge on any atom is 0.0946 e. The van der Waals surface area contributed by atoms with Crippen LogP contribution in [0, 0.1) is 0 Å². The lowest BCUT2D eigenvalue weighted by Crippen LogP contribution is -1.97. The maximum atomic E-state index is 3.96. The Morgan fingerprint density at radius 3 is 3.17 bits per heavy atom. The molecule has 2 aromatic rings. The predicted octanol–water partition coefficient (Wildman–Crippen LogP) is 0.849. The van der Waals surface area contributed by atoms with Crippen LogP contribution in [0.25, 0.3) is 0 Å². The number of aromatic nitrogens is 4. The highest BCUT2D eigenvalue weighted by Gasteiger charge is 1.93. The van der Waals surface area contributed by atoms with E-state index in [2.05, 4.69) is 15.2 Å². The van der Waals surface area contributed by atoms with Gasteiger partial charge in [0.25, 0.3) is 0 Å². The van der Waals surface area contributed by atoms with Gasteiger partial charge in [-0.25, -0.2) is 4.98 Å². The summed E-state index contributed by atoms with van der Waals surface area (Å²) in [6.45, 7) is 0.958. The molecule has 0 spiro atoms. The molecule has 0 radical (unpaired) electrons. The zero-order chi connectivity index (χ0) is 8.23. The summed E-state index contributed by atoms with van der Waals surface area (Å²) in [4.78, 5) is 3.96. The smallest absolute Gasteiger partial charge is 0.0946 e. The molecule has 0 aromatic carbocycles. The largest absolute Gasteiger partial charge is 0.337 e. The second-order valence-electron chi connectivity index (χ2n) is 2.66. The van der Waals surface area contributed by atoms with E-state index in [1.165, 1.54) is 5.56 Å². The molecule has 0 bridgehead atoms. The Morgan fingerprint density at radius 2 is 2.50 bits per heavy atom. The first kappa shape index (κ1) is 7.09. The van der Waals surface area contributed by atoms with Crippen molar-refractivity contribution in [3.8, 4) is 0 Å². The molecule has 0 aliphatic carbocycles. The van der Waals surface area contributed by atoms with Crippen molar-refractivity contribution in [2.75, 3.05) is 0 Å². The van der Waals surface area contributed by atoms with Gasteiger partial charge in [-0.1, -0.05) is 0 Å². The van der Waals surface area contributed by atoms with Crippen molar-refractivity contribution in [2.45, 2.75) is 13.0 Å². The second kappa shape index (κ2) is 3.21. The molecule has 0 aliphatic heterocycles. The van der Waals surface area contributed by atoms with Crippen molar-refractivity contribution in [3.63, 3.8) is 0 Å². The molecule has 4 heteroatoms. The molecule has 2 heterocycles. The van der Waals surface area contributed by atoms with E-state index in [1.54, 1.807) is 6.20 Å². The van der Waals surface area contributed by atoms with Gasteiger partial charge >= 0.3 is 0 Å². The number of nitrogens with one attached hydrogen (secondary N) is 1. The predicted molar refractivity (Wildman–Crippen MR) is 44.5 cm³/mol. The number of hydrogen-bond donors (Lipinski definition) is 1. The van der Waals surface area contributed by atoms with Crippen LogP contribution < -0.4 is 0 Å². The molecular weight excluding hydrogens is 152 g/mol. The summed E-state index contributed by atoms with van der Waals surface area (Å²) in [7, 11) is 0. The summed E-state index contributed by atoms with van der Waals surface area (Å²) in [5, 5.41) is 6.66. The fourth-order valence-electron chi connectivity index (χ4n) is 1.09. The van der Waals surface area contributed by atoms with Gasteiger partial charge in [-0.2, -0.15) is 5.10 Å². The maximum absolute atomic E-state index is 3.96. The lowest BCUT2D eigenvalue weighted by atomic mass is 10.2. The molecule has 1 N–H and O–H groups in total. The van der Waals surface area contributed by atoms with E-state index in [1.807, 2.05) is 29.5 Å². The van der Waals surface area contributed by atoms with Crippen LogP contribution in [0.5, 0.6) is 0 Å². The van der Waals surface area contributed by atoms with Crippen LogP contribution in [-0.2, 0) is 13.0 Å². The Morgan fingerprint density at radius 1 is 1.50 bits per heavy atom. The summed E-state index contributed by atoms with van der Waals surface area (Å²) in [5.41, 5.74) is 1.23. The number of rotatable bonds is 3. The van der Waals surface area contributed by atoms with Crippen LogP contribution in [0.1, 0.15) is 5.56 Å². The van der Waals surface area contributed by atoms with E-state index < -0.39 is 0 Å². The van der Waals surface area contributed by atoms with Crippen LogP contribution in [0.2, 0.25) is 0 Å². The first-order chi connectivity index (χ1) is 5.95. The number of aryl methyl sites for hydroxylation is 2. The van der Waals surface area contributed by atoms with Crippen LogP contribution in [0.4, 0.5) is 0 Å². The summed E-state index contributed by atoms with van der Waals surface area (Å²) >= 11 is 0. The average Bonchev–Trinajstić information content (AvgIpc) is 2.74. The molecule has 0 saturated carbocycles. The molecule has 2 aromatic heterocycles. The number of H-pyrrole nitrogens is 1. The van der Waals surface area contributed by atoms with Crippen molar-refractivity contribution in [2.24, 2.45) is 0 Å². The van der Waals surface area contributed by atoms with Crippen molar-refractivity contribution in [3.05, 3.63) is 36.7 Å². The first-order valence-electron chi connectivity index (χ1n) is 3.88. The topological polar surface area (TPSA) is 46.5 Å². The highest BCUT2D eigenvalue weighted by molar-refractivity contribution is 5.02. The van der Waals surface area contributed by atoms with Gasteiger partial charge in [-0.15, -0.1) is 0 Å². The van der Waals surface area contributed by atoms with Gasteiger partial charge in [0.2, 0.25) is 0 Å². The molecule has 62 valence electrons. The van der Waals surface area contributed by atoms with E-state index in [9.17, 15) is 0 Å². The van der Waals surface area contributed by atoms with Crippen LogP contribution >= 0.6 is 0 Å². The molecule has 0 aliphatic rings. The van der Waals surface area contributed by atoms with Gasteiger partial charge in [0.15, 0.2) is 0 Å². The zero-order valence-corrected chi connectivity index (χ0v) is 6.64. The Kier molecular flexibility index (Phi) is 1.90. The highest BCUT2D eigenvalue weighted by Crippen LogP contribution is 1.97. The summed E-state index contributed by atoms with van der Waals surface area (Å²) in [6.07, 6.45) is 10.3. The number of aromatic amines is 1. The Balaban J connectivity index is 1.91. The third-order valence-electron chi connectivity index (χ3n) is 1.77. The minimum atomic E-state index is 0.958. The van der Waals surface area contributed by atoms with E-state index in [-0.39, 0.29) is 0 Å². The molecule has 0 saturated heterocycles. The van der Waals surface area contributed by atoms with Crippen LogP contribution in [-0.4, -0.2) is 19.7 Å². The standard InChI is InChI=1S/C8H10N4/c1(8-5-10-11-6-8)3-12-4-2-9-7-12/h2,4-7H,1,3H2,(H,10,11). The fourth-order valence-corrected chi connectivity index (χ4v) is 1.09. The minimum absolute atomic E-state index is 0.958. The normalized spacial score (nSPS) is 10.3. The molecule has 0 unspecified atom stereocenters. The number of nitrogens with zero attached hydrogens (tertiary/aromatic N) is 3. The van der Waals surface area contributed by atoms with E-state index in [4.69, 9.17) is 0 Å². The monoisotopic (exact) mass is 162 g/mol. The Labute approximate surface area is 70.3 Å². The summed E-state index contributed by atoms with van der Waals surface area (Å²) < 4.78 is 2.05. The van der Waals surface area contributed by atoms with Crippen LogP contribution in [0.15, 0.2) is 31.1 Å². The van der Waals surface area contributed by atoms with Crippen molar-refractivity contribution >= 4 is 0 Å². The van der Waals surface area contributed by atoms with Crippen molar-refractivity contribution in [1.82, 2.24) is 19.7 Å². The molecule has 12 heavy (non-hydrogen) atoms. The molecule has 0 atom stereocenters. The SMILES string of the molecule is c1cn(CCc2cn[nH]c2)cn1. The van der Waals surface area contributed by atoms with Gasteiger partial charge in [0.05, 0.1) is 12.5 Å². The molecular formula is C8H10N4. The first-order valence-corrected chi connectivity index (χ1v) is 3.88. The number of hydrogen-bond acceptors (Lipinski definition) is 2. The highest BCUT2D eigenvalue weighted by atomic mass is 15.1. The average molecular weight is 162 g/mol. The summed E-state index contributed by atoms with van der Waals surface area (Å²) in [5.74, 6) is 0. The van der Waals surface area contributed by atoms with Crippen molar-refractivity contribution < 1.29 is 0 Å². The zero-order valence-electron chi connectivity index (χ0n) is 6.64. The van der Waals surface area contributed by atoms with E-state index >= 15 is 0 Å². The van der Waals surface area contributed by atoms with Gasteiger partial charge in [0.1, 0.15) is 0 Å². The van der Waals surface area contributed by atoms with Gasteiger partial charge < -0.3 is 4.57 Å². The molecule has 4 nitrogen and oxygen atoms in total. The Bertz CT molecular complexity index is 274. The quantitative estimate of drug-likeness (QED) is 0.727. The molecule has 0 amide bonds. The van der Waals surface area contributed by atoms with E-state index in [0.29, 0.717) is 0 Å². The fraction of sp³-hybridized carbons (Fsp3) is 0.250. The third kappa shape index (κ3) is 1.53. The molecule has 2 rings (SSSR count). The second-order valence-corrected chi connectivity index (χ2v) is 2.66. The van der Waals surface area contributed by atoms with Gasteiger partial charge in [-0.3, -0.25) is 5.10 Å². The van der Waals surface area contributed by atoms with Gasteiger partial charge in [0, 0.05) is 25.1 Å². The van der Waals surface area contributed by atoms with Gasteiger partial charge in [-0.05, 0) is 12.0 Å². The van der Waals surface area contributed by atoms with Crippen molar-refractivity contribution in [1.29, 1.82) is 0 Å². The summed E-state index contributed by atoms with van der Waals surface area (Å²) in [6, 6.07) is 0. The minimum Gasteiger partial charge on any atom is -0.337 e. The van der Waals surface area contributed by atoms with Crippen LogP contribution in [0.3, 0.4) is 0 Å². The lowest BCUT2D eigenvalue weighted by Gasteiger charge is -1.97. The third-order valence-corrected chi connectivity index (χ3v) is 1.77.